The number of hydrogen-bond donors (Lipinski definition) is 0. The third kappa shape index (κ3) is 2.51. The Labute approximate surface area is 85.2 Å². The number of carbonyl (C=O) groups is 1. The number of hydrogen-bond acceptors (Lipinski definition) is 4. The van der Waals surface area contributed by atoms with E-state index in [0.717, 1.165) is 0 Å². The van der Waals surface area contributed by atoms with Crippen LogP contribution in [0.4, 0.5) is 8.78 Å². The van der Waals surface area contributed by atoms with Crippen LogP contribution >= 0.6 is 0 Å². The molecule has 4 nitrogen and oxygen atoms in total. The highest BCUT2D eigenvalue weighted by atomic mass is 19.3. The Hall–Kier alpha value is -1.46. The average Bonchev–Trinajstić information content (AvgIpc) is 2.61. The third-order valence-electron chi connectivity index (χ3n) is 1.67. The number of nitrogens with zero attached hydrogens (tertiary/aromatic N) is 1. The van der Waals surface area contributed by atoms with E-state index in [-0.39, 0.29) is 12.5 Å². The maximum Gasteiger partial charge on any atom is 0.376 e. The summed E-state index contributed by atoms with van der Waals surface area (Å²) in [6.45, 7) is 3.37. The first kappa shape index (κ1) is 11.6. The molecule has 1 heterocycles. The van der Waals surface area contributed by atoms with Gasteiger partial charge in [-0.2, -0.15) is 0 Å². The van der Waals surface area contributed by atoms with Crippen molar-refractivity contribution in [2.45, 2.75) is 26.7 Å². The van der Waals surface area contributed by atoms with Gasteiger partial charge in [0, 0.05) is 6.42 Å². The fraction of sp³-hybridized carbons (Fsp3) is 0.556. The highest BCUT2D eigenvalue weighted by molar-refractivity contribution is 5.87. The van der Waals surface area contributed by atoms with Crippen molar-refractivity contribution < 1.29 is 22.7 Å². The molecule has 0 aliphatic carbocycles. The second-order valence-corrected chi connectivity index (χ2v) is 2.70. The Bertz CT molecular complexity index is 349. The second kappa shape index (κ2) is 4.86. The quantitative estimate of drug-likeness (QED) is 0.729. The first-order valence-corrected chi connectivity index (χ1v) is 4.55. The second-order valence-electron chi connectivity index (χ2n) is 2.70. The van der Waals surface area contributed by atoms with Gasteiger partial charge in [0.15, 0.2) is 11.6 Å². The summed E-state index contributed by atoms with van der Waals surface area (Å²) in [6, 6.07) is 0. The van der Waals surface area contributed by atoms with Crippen LogP contribution in [0.5, 0.6) is 0 Å². The summed E-state index contributed by atoms with van der Waals surface area (Å²) in [5, 5.41) is 0. The van der Waals surface area contributed by atoms with Crippen molar-refractivity contribution >= 4 is 5.97 Å². The molecule has 0 aliphatic rings. The van der Waals surface area contributed by atoms with Gasteiger partial charge in [-0.25, -0.2) is 18.6 Å². The molecule has 0 aliphatic heterocycles. The van der Waals surface area contributed by atoms with Gasteiger partial charge in [0.1, 0.15) is 0 Å². The number of carbonyl (C=O) groups excluding carboxylic acids is 1. The molecule has 84 valence electrons. The minimum Gasteiger partial charge on any atom is -0.460 e. The van der Waals surface area contributed by atoms with Crippen molar-refractivity contribution in [1.29, 1.82) is 0 Å². The third-order valence-corrected chi connectivity index (χ3v) is 1.67. The topological polar surface area (TPSA) is 52.3 Å². The van der Waals surface area contributed by atoms with Crippen molar-refractivity contribution in [3.63, 3.8) is 0 Å². The first-order valence-electron chi connectivity index (χ1n) is 4.55. The molecule has 0 aromatic carbocycles. The van der Waals surface area contributed by atoms with E-state index in [2.05, 4.69) is 9.72 Å². The molecule has 1 aromatic rings. The average molecular weight is 219 g/mol. The molecule has 0 amide bonds. The summed E-state index contributed by atoms with van der Waals surface area (Å²) in [5.74, 6) is -1.29. The first-order chi connectivity index (χ1) is 7.10. The zero-order chi connectivity index (χ0) is 11.4. The van der Waals surface area contributed by atoms with Gasteiger partial charge in [-0.1, -0.05) is 6.92 Å². The van der Waals surface area contributed by atoms with Crippen LogP contribution in [0.3, 0.4) is 0 Å². The van der Waals surface area contributed by atoms with Crippen molar-refractivity contribution in [1.82, 2.24) is 4.98 Å². The van der Waals surface area contributed by atoms with Crippen LogP contribution in [0.1, 0.15) is 42.4 Å². The zero-order valence-corrected chi connectivity index (χ0v) is 8.42. The van der Waals surface area contributed by atoms with Gasteiger partial charge in [0.05, 0.1) is 6.61 Å². The summed E-state index contributed by atoms with van der Waals surface area (Å²) < 4.78 is 34.3. The lowest BCUT2D eigenvalue weighted by molar-refractivity contribution is 0.0474. The number of esters is 1. The number of rotatable bonds is 4. The molecular weight excluding hydrogens is 208 g/mol. The molecule has 1 rings (SSSR count). The molecule has 0 fully saturated rings. The molecule has 6 heteroatoms. The van der Waals surface area contributed by atoms with Crippen LogP contribution in [-0.2, 0) is 11.2 Å². The van der Waals surface area contributed by atoms with Crippen LogP contribution in [0, 0.1) is 0 Å². The van der Waals surface area contributed by atoms with Gasteiger partial charge in [-0.05, 0) is 6.92 Å². The number of aromatic nitrogens is 1. The predicted octanol–water partition coefficient (Wildman–Crippen LogP) is 2.35. The molecule has 0 unspecified atom stereocenters. The van der Waals surface area contributed by atoms with E-state index >= 15 is 0 Å². The molecule has 1 aromatic heterocycles. The van der Waals surface area contributed by atoms with E-state index in [1.165, 1.54) is 0 Å². The highest BCUT2D eigenvalue weighted by Gasteiger charge is 2.26. The van der Waals surface area contributed by atoms with Crippen LogP contribution in [-0.4, -0.2) is 17.6 Å². The van der Waals surface area contributed by atoms with Crippen molar-refractivity contribution in [3.05, 3.63) is 17.3 Å². The Morgan fingerprint density at radius 3 is 2.67 bits per heavy atom. The molecule has 15 heavy (non-hydrogen) atoms. The van der Waals surface area contributed by atoms with Gasteiger partial charge in [-0.15, -0.1) is 0 Å². The summed E-state index contributed by atoms with van der Waals surface area (Å²) >= 11 is 0. The van der Waals surface area contributed by atoms with E-state index in [4.69, 9.17) is 4.42 Å². The number of alkyl halides is 2. The van der Waals surface area contributed by atoms with E-state index in [1.807, 2.05) is 0 Å². The Morgan fingerprint density at radius 2 is 2.20 bits per heavy atom. The Balaban J connectivity index is 3.03. The van der Waals surface area contributed by atoms with E-state index in [1.54, 1.807) is 13.8 Å². The maximum absolute atomic E-state index is 12.4. The Kier molecular flexibility index (Phi) is 3.76. The fourth-order valence-electron chi connectivity index (χ4n) is 1.02. The normalized spacial score (nSPS) is 10.7. The van der Waals surface area contributed by atoms with Crippen LogP contribution < -0.4 is 0 Å². The Morgan fingerprint density at radius 1 is 1.53 bits per heavy atom. The SMILES string of the molecule is CCOC(=O)c1oc(CC)nc1C(F)F. The fourth-order valence-corrected chi connectivity index (χ4v) is 1.02. The van der Waals surface area contributed by atoms with E-state index in [0.29, 0.717) is 6.42 Å². The lowest BCUT2D eigenvalue weighted by Crippen LogP contribution is -2.06. The molecule has 0 saturated heterocycles. The van der Waals surface area contributed by atoms with E-state index in [9.17, 15) is 13.6 Å². The summed E-state index contributed by atoms with van der Waals surface area (Å²) in [5.41, 5.74) is -0.648. The van der Waals surface area contributed by atoms with Gasteiger partial charge in [0.2, 0.25) is 5.76 Å². The number of halogens is 2. The summed E-state index contributed by atoms with van der Waals surface area (Å²) in [6.07, 6.45) is -2.49. The van der Waals surface area contributed by atoms with Gasteiger partial charge in [0.25, 0.3) is 6.43 Å². The van der Waals surface area contributed by atoms with Crippen molar-refractivity contribution in [2.75, 3.05) is 6.61 Å². The molecule has 0 N–H and O–H groups in total. The monoisotopic (exact) mass is 219 g/mol. The lowest BCUT2D eigenvalue weighted by atomic mass is 10.3. The highest BCUT2D eigenvalue weighted by Crippen LogP contribution is 2.24. The summed E-state index contributed by atoms with van der Waals surface area (Å²) in [7, 11) is 0. The number of oxazole rings is 1. The standard InChI is InChI=1S/C9H11F2NO3/c1-3-5-12-6(8(10)11)7(15-5)9(13)14-4-2/h8H,3-4H2,1-2H3. The van der Waals surface area contributed by atoms with Crippen LogP contribution in [0.25, 0.3) is 0 Å². The van der Waals surface area contributed by atoms with Crippen LogP contribution in [0.2, 0.25) is 0 Å². The molecule has 0 atom stereocenters. The number of ether oxygens (including phenoxy) is 1. The van der Waals surface area contributed by atoms with Gasteiger partial charge in [-0.3, -0.25) is 0 Å². The molecular formula is C9H11F2NO3. The van der Waals surface area contributed by atoms with Crippen molar-refractivity contribution in [2.24, 2.45) is 0 Å². The molecule has 0 bridgehead atoms. The smallest absolute Gasteiger partial charge is 0.376 e. The molecule has 0 saturated carbocycles. The predicted molar refractivity (Wildman–Crippen MR) is 46.8 cm³/mol. The summed E-state index contributed by atoms with van der Waals surface area (Å²) in [4.78, 5) is 14.7. The van der Waals surface area contributed by atoms with E-state index < -0.39 is 23.8 Å². The largest absolute Gasteiger partial charge is 0.460 e. The van der Waals surface area contributed by atoms with Gasteiger partial charge < -0.3 is 9.15 Å². The minimum atomic E-state index is -2.84. The maximum atomic E-state index is 12.4. The lowest BCUT2D eigenvalue weighted by Gasteiger charge is -1.99. The van der Waals surface area contributed by atoms with Crippen LogP contribution in [0.15, 0.2) is 4.42 Å². The van der Waals surface area contributed by atoms with Crippen molar-refractivity contribution in [3.8, 4) is 0 Å². The zero-order valence-electron chi connectivity index (χ0n) is 8.42. The van der Waals surface area contributed by atoms with Gasteiger partial charge >= 0.3 is 5.97 Å². The molecule has 0 spiro atoms. The molecule has 0 radical (unpaired) electrons. The minimum absolute atomic E-state index is 0.101. The number of aryl methyl sites for hydroxylation is 1.